The van der Waals surface area contributed by atoms with Crippen LogP contribution in [0.1, 0.15) is 30.9 Å². The highest BCUT2D eigenvalue weighted by Gasteiger charge is 2.49. The highest BCUT2D eigenvalue weighted by Crippen LogP contribution is 2.42. The molecule has 2 saturated heterocycles. The van der Waals surface area contributed by atoms with Gasteiger partial charge in [0.1, 0.15) is 0 Å². The number of piperidine rings is 2. The van der Waals surface area contributed by atoms with Gasteiger partial charge in [0.25, 0.3) is 0 Å². The molecule has 2 N–H and O–H groups in total. The third-order valence-corrected chi connectivity index (χ3v) is 6.36. The largest absolute Gasteiger partial charge is 0.391 e. The summed E-state index contributed by atoms with van der Waals surface area (Å²) in [5, 5.41) is 13.5. The van der Waals surface area contributed by atoms with E-state index in [9.17, 15) is 18.3 Å². The van der Waals surface area contributed by atoms with Gasteiger partial charge in [-0.2, -0.15) is 0 Å². The maximum absolute atomic E-state index is 12.7. The normalized spacial score (nSPS) is 28.5. The number of sulfonamides is 1. The average Bonchev–Trinajstić information content (AvgIpc) is 2.51. The van der Waals surface area contributed by atoms with Crippen molar-refractivity contribution in [3.63, 3.8) is 0 Å². The summed E-state index contributed by atoms with van der Waals surface area (Å²) in [7, 11) is -3.23. The van der Waals surface area contributed by atoms with Gasteiger partial charge >= 0.3 is 0 Å². The van der Waals surface area contributed by atoms with Gasteiger partial charge in [0.15, 0.2) is 0 Å². The Morgan fingerprint density at radius 1 is 1.22 bits per heavy atom. The van der Waals surface area contributed by atoms with Crippen molar-refractivity contribution in [2.45, 2.75) is 31.4 Å². The number of amides is 1. The average molecular weight is 338 g/mol. The molecule has 2 heterocycles. The molecule has 0 radical (unpaired) electrons. The van der Waals surface area contributed by atoms with Crippen LogP contribution in [0.5, 0.6) is 0 Å². The molecule has 2 atom stereocenters. The lowest BCUT2D eigenvalue weighted by atomic mass is 9.69. The van der Waals surface area contributed by atoms with Gasteiger partial charge in [0.2, 0.25) is 15.9 Å². The number of hydrogen-bond acceptors (Lipinski definition) is 4. The lowest BCUT2D eigenvalue weighted by Gasteiger charge is -2.46. The molecule has 1 aromatic carbocycles. The van der Waals surface area contributed by atoms with Crippen molar-refractivity contribution < 1.29 is 18.3 Å². The van der Waals surface area contributed by atoms with Crippen molar-refractivity contribution >= 4 is 15.9 Å². The van der Waals surface area contributed by atoms with Gasteiger partial charge in [-0.25, -0.2) is 12.7 Å². The Morgan fingerprint density at radius 3 is 2.39 bits per heavy atom. The lowest BCUT2D eigenvalue weighted by Crippen LogP contribution is -2.57. The Balaban J connectivity index is 1.75. The summed E-state index contributed by atoms with van der Waals surface area (Å²) in [4.78, 5) is 12.7. The van der Waals surface area contributed by atoms with Gasteiger partial charge in [-0.05, 0) is 24.8 Å². The van der Waals surface area contributed by atoms with E-state index in [2.05, 4.69) is 5.32 Å². The summed E-state index contributed by atoms with van der Waals surface area (Å²) in [6, 6.07) is 9.02. The number of carbonyl (C=O) groups excluding carboxylic acids is 1. The SMILES string of the molecule is CS(=O)(=O)N1CCC2(CC1)C[C@@H](O)[C@H](c1ccccc1)NC2=O. The molecule has 126 valence electrons. The van der Waals surface area contributed by atoms with Crippen LogP contribution < -0.4 is 5.32 Å². The molecule has 2 fully saturated rings. The van der Waals surface area contributed by atoms with E-state index in [-0.39, 0.29) is 5.91 Å². The molecular formula is C16H22N2O4S. The summed E-state index contributed by atoms with van der Waals surface area (Å²) in [6.45, 7) is 0.657. The second-order valence-electron chi connectivity index (χ2n) is 6.58. The predicted octanol–water partition coefficient (Wildman–Crippen LogP) is 0.650. The molecule has 3 rings (SSSR count). The van der Waals surface area contributed by atoms with Gasteiger partial charge in [0, 0.05) is 13.1 Å². The Morgan fingerprint density at radius 2 is 1.83 bits per heavy atom. The van der Waals surface area contributed by atoms with Crippen LogP contribution in [0.15, 0.2) is 30.3 Å². The van der Waals surface area contributed by atoms with E-state index in [1.165, 1.54) is 10.6 Å². The quantitative estimate of drug-likeness (QED) is 0.829. The molecule has 0 aromatic heterocycles. The second-order valence-corrected chi connectivity index (χ2v) is 8.56. The van der Waals surface area contributed by atoms with E-state index in [4.69, 9.17) is 0 Å². The number of aliphatic hydroxyl groups excluding tert-OH is 1. The fourth-order valence-electron chi connectivity index (χ4n) is 3.64. The highest BCUT2D eigenvalue weighted by atomic mass is 32.2. The van der Waals surface area contributed by atoms with Gasteiger partial charge in [-0.15, -0.1) is 0 Å². The second kappa shape index (κ2) is 5.89. The number of benzene rings is 1. The standard InChI is InChI=1S/C16H22N2O4S/c1-23(21,22)18-9-7-16(8-10-18)11-13(19)14(17-15(16)20)12-5-3-2-4-6-12/h2-6,13-14,19H,7-11H2,1H3,(H,17,20)/t13-,14+/m1/s1. The molecule has 1 spiro atoms. The number of aliphatic hydroxyl groups is 1. The van der Waals surface area contributed by atoms with Gasteiger partial charge in [-0.3, -0.25) is 4.79 Å². The van der Waals surface area contributed by atoms with Crippen molar-refractivity contribution in [1.82, 2.24) is 9.62 Å². The summed E-state index contributed by atoms with van der Waals surface area (Å²) in [5.41, 5.74) is 0.225. The number of rotatable bonds is 2. The number of carbonyl (C=O) groups is 1. The topological polar surface area (TPSA) is 86.7 Å². The van der Waals surface area contributed by atoms with Crippen LogP contribution in [-0.2, 0) is 14.8 Å². The third kappa shape index (κ3) is 3.13. The molecule has 7 heteroatoms. The van der Waals surface area contributed by atoms with Crippen LogP contribution in [0.4, 0.5) is 0 Å². The molecule has 2 aliphatic rings. The van der Waals surface area contributed by atoms with Gasteiger partial charge in [0.05, 0.1) is 23.8 Å². The molecule has 0 aliphatic carbocycles. The van der Waals surface area contributed by atoms with Gasteiger partial charge in [-0.1, -0.05) is 30.3 Å². The van der Waals surface area contributed by atoms with Gasteiger partial charge < -0.3 is 10.4 Å². The summed E-state index contributed by atoms with van der Waals surface area (Å²) in [5.74, 6) is -0.0789. The van der Waals surface area contributed by atoms with Crippen LogP contribution in [0.25, 0.3) is 0 Å². The van der Waals surface area contributed by atoms with E-state index in [0.29, 0.717) is 32.4 Å². The van der Waals surface area contributed by atoms with E-state index < -0.39 is 27.6 Å². The molecule has 0 saturated carbocycles. The Kier molecular flexibility index (Phi) is 4.20. The zero-order valence-corrected chi connectivity index (χ0v) is 13.9. The van der Waals surface area contributed by atoms with E-state index in [0.717, 1.165) is 5.56 Å². The summed E-state index contributed by atoms with van der Waals surface area (Å²) in [6.07, 6.45) is 1.79. The van der Waals surface area contributed by atoms with Crippen molar-refractivity contribution in [2.24, 2.45) is 5.41 Å². The number of nitrogens with one attached hydrogen (secondary N) is 1. The monoisotopic (exact) mass is 338 g/mol. The first kappa shape index (κ1) is 16.4. The predicted molar refractivity (Wildman–Crippen MR) is 86.0 cm³/mol. The van der Waals surface area contributed by atoms with E-state index >= 15 is 0 Å². The van der Waals surface area contributed by atoms with Crippen molar-refractivity contribution in [2.75, 3.05) is 19.3 Å². The Bertz CT molecular complexity index is 681. The first-order valence-corrected chi connectivity index (χ1v) is 9.66. The molecule has 0 unspecified atom stereocenters. The first-order chi connectivity index (χ1) is 10.8. The maximum Gasteiger partial charge on any atom is 0.226 e. The van der Waals surface area contributed by atoms with E-state index in [1.54, 1.807) is 0 Å². The minimum absolute atomic E-state index is 0.0789. The third-order valence-electron chi connectivity index (χ3n) is 5.06. The molecule has 1 amide bonds. The Hall–Kier alpha value is -1.44. The zero-order valence-electron chi connectivity index (χ0n) is 13.1. The molecule has 6 nitrogen and oxygen atoms in total. The first-order valence-electron chi connectivity index (χ1n) is 7.81. The smallest absolute Gasteiger partial charge is 0.226 e. The minimum Gasteiger partial charge on any atom is -0.391 e. The fourth-order valence-corrected chi connectivity index (χ4v) is 4.49. The zero-order chi connectivity index (χ0) is 16.7. The summed E-state index contributed by atoms with van der Waals surface area (Å²) < 4.78 is 24.6. The molecule has 1 aromatic rings. The van der Waals surface area contributed by atoms with Crippen molar-refractivity contribution in [3.05, 3.63) is 35.9 Å². The van der Waals surface area contributed by atoms with Crippen LogP contribution in [0.2, 0.25) is 0 Å². The van der Waals surface area contributed by atoms with Crippen LogP contribution in [-0.4, -0.2) is 49.2 Å². The molecule has 2 aliphatic heterocycles. The molecular weight excluding hydrogens is 316 g/mol. The number of hydrogen-bond donors (Lipinski definition) is 2. The summed E-state index contributed by atoms with van der Waals surface area (Å²) >= 11 is 0. The minimum atomic E-state index is -3.23. The molecule has 23 heavy (non-hydrogen) atoms. The van der Waals surface area contributed by atoms with Crippen LogP contribution in [0, 0.1) is 5.41 Å². The Labute approximate surface area is 136 Å². The number of nitrogens with zero attached hydrogens (tertiary/aromatic N) is 1. The lowest BCUT2D eigenvalue weighted by molar-refractivity contribution is -0.143. The maximum atomic E-state index is 12.7. The van der Waals surface area contributed by atoms with Crippen LogP contribution >= 0.6 is 0 Å². The highest BCUT2D eigenvalue weighted by molar-refractivity contribution is 7.88. The fraction of sp³-hybridized carbons (Fsp3) is 0.562. The van der Waals surface area contributed by atoms with E-state index in [1.807, 2.05) is 30.3 Å². The van der Waals surface area contributed by atoms with Crippen molar-refractivity contribution in [3.8, 4) is 0 Å². The van der Waals surface area contributed by atoms with Crippen LogP contribution in [0.3, 0.4) is 0 Å². The molecule has 0 bridgehead atoms. The van der Waals surface area contributed by atoms with Crippen molar-refractivity contribution in [1.29, 1.82) is 0 Å².